The van der Waals surface area contributed by atoms with Gasteiger partial charge in [0.25, 0.3) is 0 Å². The van der Waals surface area contributed by atoms with Crippen molar-refractivity contribution >= 4 is 11.7 Å². The number of amides is 2. The zero-order valence-electron chi connectivity index (χ0n) is 11.0. The molecule has 0 aliphatic carbocycles. The molecule has 1 aromatic rings. The molecule has 0 radical (unpaired) electrons. The Hall–Kier alpha value is -1.96. The normalized spacial score (nSPS) is 12.7. The summed E-state index contributed by atoms with van der Waals surface area (Å²) in [6.07, 6.45) is -4.82. The number of hydrogen-bond acceptors (Lipinski definition) is 3. The molecule has 0 fully saturated rings. The van der Waals surface area contributed by atoms with Gasteiger partial charge in [-0.05, 0) is 19.1 Å². The van der Waals surface area contributed by atoms with Gasteiger partial charge in [-0.3, -0.25) is 0 Å². The monoisotopic (exact) mass is 292 g/mol. The van der Waals surface area contributed by atoms with E-state index in [0.717, 1.165) is 6.07 Å². The largest absolute Gasteiger partial charge is 0.573 e. The van der Waals surface area contributed by atoms with Crippen LogP contribution in [0.4, 0.5) is 23.7 Å². The zero-order chi connectivity index (χ0) is 15.2. The smallest absolute Gasteiger partial charge is 0.404 e. The molecule has 1 rings (SSSR count). The van der Waals surface area contributed by atoms with Crippen molar-refractivity contribution in [2.24, 2.45) is 0 Å². The molecule has 0 aromatic heterocycles. The summed E-state index contributed by atoms with van der Waals surface area (Å²) in [5.41, 5.74) is -0.0769. The quantitative estimate of drug-likeness (QED) is 0.877. The molecule has 112 valence electrons. The van der Waals surface area contributed by atoms with Crippen molar-refractivity contribution < 1.29 is 27.4 Å². The van der Waals surface area contributed by atoms with Crippen LogP contribution in [0.5, 0.6) is 5.75 Å². The van der Waals surface area contributed by atoms with Gasteiger partial charge < -0.3 is 20.1 Å². The number of hydrogen-bond donors (Lipinski definition) is 2. The third-order valence-corrected chi connectivity index (χ3v) is 2.16. The van der Waals surface area contributed by atoms with E-state index >= 15 is 0 Å². The highest BCUT2D eigenvalue weighted by Gasteiger charge is 2.32. The van der Waals surface area contributed by atoms with E-state index in [1.165, 1.54) is 25.3 Å². The molecule has 8 heteroatoms. The SMILES string of the molecule is COCC(C)NC(=O)Nc1ccccc1OC(F)(F)F. The predicted octanol–water partition coefficient (Wildman–Crippen LogP) is 2.74. The number of methoxy groups -OCH3 is 1. The molecule has 0 aliphatic rings. The van der Waals surface area contributed by atoms with Gasteiger partial charge in [0.15, 0.2) is 5.75 Å². The number of anilines is 1. The summed E-state index contributed by atoms with van der Waals surface area (Å²) in [6.45, 7) is 1.98. The van der Waals surface area contributed by atoms with Crippen LogP contribution in [0.2, 0.25) is 0 Å². The van der Waals surface area contributed by atoms with Crippen LogP contribution in [0.1, 0.15) is 6.92 Å². The first kappa shape index (κ1) is 16.1. The van der Waals surface area contributed by atoms with Crippen LogP contribution in [0.25, 0.3) is 0 Å². The summed E-state index contributed by atoms with van der Waals surface area (Å²) in [6, 6.07) is 4.35. The number of halogens is 3. The molecule has 0 saturated carbocycles. The lowest BCUT2D eigenvalue weighted by Gasteiger charge is -2.16. The summed E-state index contributed by atoms with van der Waals surface area (Å²) in [5, 5.41) is 4.80. The maximum atomic E-state index is 12.2. The van der Waals surface area contributed by atoms with Crippen LogP contribution in [-0.4, -0.2) is 32.2 Å². The Morgan fingerprint density at radius 2 is 2.00 bits per heavy atom. The lowest BCUT2D eigenvalue weighted by Crippen LogP contribution is -2.38. The number of carbonyl (C=O) groups is 1. The summed E-state index contributed by atoms with van der Waals surface area (Å²) in [5.74, 6) is -0.477. The van der Waals surface area contributed by atoms with E-state index in [1.54, 1.807) is 6.92 Å². The number of nitrogens with one attached hydrogen (secondary N) is 2. The topological polar surface area (TPSA) is 59.6 Å². The average molecular weight is 292 g/mol. The molecule has 5 nitrogen and oxygen atoms in total. The highest BCUT2D eigenvalue weighted by Crippen LogP contribution is 2.29. The van der Waals surface area contributed by atoms with Gasteiger partial charge in [-0.2, -0.15) is 0 Å². The number of benzene rings is 1. The molecule has 1 unspecified atom stereocenters. The van der Waals surface area contributed by atoms with E-state index in [9.17, 15) is 18.0 Å². The van der Waals surface area contributed by atoms with Crippen LogP contribution in [0, 0.1) is 0 Å². The molecule has 0 spiro atoms. The van der Waals surface area contributed by atoms with E-state index in [-0.39, 0.29) is 18.3 Å². The van der Waals surface area contributed by atoms with Crippen molar-refractivity contribution in [2.75, 3.05) is 19.0 Å². The van der Waals surface area contributed by atoms with Gasteiger partial charge in [0, 0.05) is 7.11 Å². The van der Waals surface area contributed by atoms with E-state index in [0.29, 0.717) is 0 Å². The molecule has 2 N–H and O–H groups in total. The Morgan fingerprint density at radius 3 is 2.60 bits per heavy atom. The third-order valence-electron chi connectivity index (χ3n) is 2.16. The predicted molar refractivity (Wildman–Crippen MR) is 66.6 cm³/mol. The Bertz CT molecular complexity index is 452. The molecule has 1 aromatic carbocycles. The van der Waals surface area contributed by atoms with E-state index in [1.807, 2.05) is 0 Å². The van der Waals surface area contributed by atoms with Gasteiger partial charge in [0.1, 0.15) is 0 Å². The van der Waals surface area contributed by atoms with Crippen molar-refractivity contribution in [3.63, 3.8) is 0 Å². The Balaban J connectivity index is 2.70. The van der Waals surface area contributed by atoms with Crippen LogP contribution in [-0.2, 0) is 4.74 Å². The van der Waals surface area contributed by atoms with Gasteiger partial charge in [0.05, 0.1) is 18.3 Å². The van der Waals surface area contributed by atoms with Crippen LogP contribution >= 0.6 is 0 Å². The van der Waals surface area contributed by atoms with Gasteiger partial charge in [-0.25, -0.2) is 4.79 Å². The highest BCUT2D eigenvalue weighted by atomic mass is 19.4. The molecular formula is C12H15F3N2O3. The number of urea groups is 1. The Labute approximate surface area is 114 Å². The number of para-hydroxylation sites is 2. The van der Waals surface area contributed by atoms with Crippen LogP contribution in [0.3, 0.4) is 0 Å². The molecule has 0 bridgehead atoms. The third kappa shape index (κ3) is 5.79. The molecule has 2 amide bonds. The fraction of sp³-hybridized carbons (Fsp3) is 0.417. The number of rotatable bonds is 5. The molecule has 0 saturated heterocycles. The van der Waals surface area contributed by atoms with Crippen molar-refractivity contribution in [3.8, 4) is 5.75 Å². The molecule has 0 aliphatic heterocycles. The Kier molecular flexibility index (Phi) is 5.63. The van der Waals surface area contributed by atoms with E-state index in [4.69, 9.17) is 4.74 Å². The van der Waals surface area contributed by atoms with E-state index in [2.05, 4.69) is 15.4 Å². The highest BCUT2D eigenvalue weighted by molar-refractivity contribution is 5.91. The van der Waals surface area contributed by atoms with Gasteiger partial charge in [-0.1, -0.05) is 12.1 Å². The Morgan fingerprint density at radius 1 is 1.35 bits per heavy atom. The lowest BCUT2D eigenvalue weighted by atomic mass is 10.3. The van der Waals surface area contributed by atoms with Gasteiger partial charge >= 0.3 is 12.4 Å². The van der Waals surface area contributed by atoms with E-state index < -0.39 is 18.1 Å². The summed E-state index contributed by atoms with van der Waals surface area (Å²) < 4.78 is 45.3. The minimum absolute atomic E-state index is 0.0769. The summed E-state index contributed by atoms with van der Waals surface area (Å²) >= 11 is 0. The zero-order valence-corrected chi connectivity index (χ0v) is 11.0. The molecule has 20 heavy (non-hydrogen) atoms. The lowest BCUT2D eigenvalue weighted by molar-refractivity contribution is -0.274. The minimum atomic E-state index is -4.82. The summed E-state index contributed by atoms with van der Waals surface area (Å²) in [7, 11) is 1.47. The first-order valence-electron chi connectivity index (χ1n) is 5.73. The van der Waals surface area contributed by atoms with Gasteiger partial charge in [0.2, 0.25) is 0 Å². The molecule has 0 heterocycles. The summed E-state index contributed by atoms with van der Waals surface area (Å²) in [4.78, 5) is 11.6. The second kappa shape index (κ2) is 6.99. The van der Waals surface area contributed by atoms with Crippen molar-refractivity contribution in [1.82, 2.24) is 5.32 Å². The average Bonchev–Trinajstić information content (AvgIpc) is 2.30. The fourth-order valence-corrected chi connectivity index (χ4v) is 1.46. The first-order chi connectivity index (χ1) is 9.31. The minimum Gasteiger partial charge on any atom is -0.404 e. The number of ether oxygens (including phenoxy) is 2. The fourth-order valence-electron chi connectivity index (χ4n) is 1.46. The van der Waals surface area contributed by atoms with Gasteiger partial charge in [-0.15, -0.1) is 13.2 Å². The van der Waals surface area contributed by atoms with Crippen molar-refractivity contribution in [2.45, 2.75) is 19.3 Å². The maximum absolute atomic E-state index is 12.2. The van der Waals surface area contributed by atoms with Crippen molar-refractivity contribution in [1.29, 1.82) is 0 Å². The van der Waals surface area contributed by atoms with Crippen molar-refractivity contribution in [3.05, 3.63) is 24.3 Å². The number of carbonyl (C=O) groups excluding carboxylic acids is 1. The van der Waals surface area contributed by atoms with Crippen LogP contribution in [0.15, 0.2) is 24.3 Å². The molecule has 1 atom stereocenters. The standard InChI is InChI=1S/C12H15F3N2O3/c1-8(7-19-2)16-11(18)17-9-5-3-4-6-10(9)20-12(13,14)15/h3-6,8H,7H2,1-2H3,(H2,16,17,18). The van der Waals surface area contributed by atoms with Crippen LogP contribution < -0.4 is 15.4 Å². The second-order valence-electron chi connectivity index (χ2n) is 4.00. The first-order valence-corrected chi connectivity index (χ1v) is 5.73. The maximum Gasteiger partial charge on any atom is 0.573 e. The molecular weight excluding hydrogens is 277 g/mol. The second-order valence-corrected chi connectivity index (χ2v) is 4.00. The number of alkyl halides is 3.